The molecule has 2 bridgehead atoms. The van der Waals surface area contributed by atoms with Crippen LogP contribution in [-0.2, 0) is 20.8 Å². The van der Waals surface area contributed by atoms with E-state index in [9.17, 15) is 14.4 Å². The minimum Gasteiger partial charge on any atom is -0.324 e. The van der Waals surface area contributed by atoms with Crippen LogP contribution in [0.15, 0.2) is 60.7 Å². The van der Waals surface area contributed by atoms with Crippen molar-refractivity contribution < 1.29 is 14.4 Å². The molecule has 158 valence electrons. The van der Waals surface area contributed by atoms with E-state index in [2.05, 4.69) is 17.5 Å². The monoisotopic (exact) mass is 414 g/mol. The van der Waals surface area contributed by atoms with E-state index >= 15 is 0 Å². The number of rotatable bonds is 5. The lowest BCUT2D eigenvalue weighted by molar-refractivity contribution is -0.147. The Morgan fingerprint density at radius 1 is 0.968 bits per heavy atom. The number of aryl methyl sites for hydroxylation is 2. The largest absolute Gasteiger partial charge is 0.324 e. The van der Waals surface area contributed by atoms with Crippen molar-refractivity contribution in [2.24, 2.45) is 23.7 Å². The van der Waals surface area contributed by atoms with Crippen molar-refractivity contribution >= 4 is 23.4 Å². The molecule has 2 aromatic rings. The van der Waals surface area contributed by atoms with Gasteiger partial charge in [-0.1, -0.05) is 48.6 Å². The zero-order valence-electron chi connectivity index (χ0n) is 17.7. The Bertz CT molecular complexity index is 1060. The van der Waals surface area contributed by atoms with E-state index in [4.69, 9.17) is 0 Å². The fourth-order valence-electron chi connectivity index (χ4n) is 5.42. The molecule has 1 saturated heterocycles. The number of amides is 3. The Balaban J connectivity index is 1.46. The van der Waals surface area contributed by atoms with Crippen LogP contribution in [0.4, 0.5) is 5.69 Å². The van der Waals surface area contributed by atoms with Crippen molar-refractivity contribution in [3.8, 4) is 0 Å². The number of carbonyl (C=O) groups excluding carboxylic acids is 3. The van der Waals surface area contributed by atoms with E-state index in [1.165, 1.54) is 4.90 Å². The molecule has 1 heterocycles. The molecular weight excluding hydrogens is 388 g/mol. The molecule has 5 nitrogen and oxygen atoms in total. The van der Waals surface area contributed by atoms with Gasteiger partial charge in [0.15, 0.2) is 0 Å². The van der Waals surface area contributed by atoms with Gasteiger partial charge in [-0.25, -0.2) is 0 Å². The number of nitrogens with one attached hydrogen (secondary N) is 1. The van der Waals surface area contributed by atoms with E-state index in [1.807, 2.05) is 62.4 Å². The van der Waals surface area contributed by atoms with Crippen LogP contribution in [0.5, 0.6) is 0 Å². The minimum atomic E-state index is -0.867. The standard InChI is InChI=1S/C26H26N2O3/c1-15-8-11-20(12-16(15)2)27-24(29)21(13-17-6-4-3-5-7-17)28-25(30)22-18-9-10-19(14-18)23(22)26(28)31/h3-12,18-19,21-23H,13-14H2,1-2H3,(H,27,29)/t18-,19-,21+,22-,23-/m0/s1. The highest BCUT2D eigenvalue weighted by atomic mass is 16.2. The number of likely N-dealkylation sites (tertiary alicyclic amines) is 1. The molecule has 0 radical (unpaired) electrons. The molecule has 5 atom stereocenters. The first kappa shape index (κ1) is 19.7. The van der Waals surface area contributed by atoms with Crippen molar-refractivity contribution in [3.05, 3.63) is 77.4 Å². The molecule has 1 saturated carbocycles. The zero-order chi connectivity index (χ0) is 21.7. The SMILES string of the molecule is Cc1ccc(NC(=O)[C@@H](Cc2ccccc2)N2C(=O)[C@@H]3[C@@H](C2=O)[C@H]2C=C[C@H]3C2)cc1C. The number of allylic oxidation sites excluding steroid dienone is 2. The highest BCUT2D eigenvalue weighted by Gasteiger charge is 2.61. The molecular formula is C26H26N2O3. The summed E-state index contributed by atoms with van der Waals surface area (Å²) >= 11 is 0. The van der Waals surface area contributed by atoms with Crippen molar-refractivity contribution in [3.63, 3.8) is 0 Å². The maximum absolute atomic E-state index is 13.4. The number of nitrogens with zero attached hydrogens (tertiary/aromatic N) is 1. The van der Waals surface area contributed by atoms with Gasteiger partial charge in [0.1, 0.15) is 6.04 Å². The van der Waals surface area contributed by atoms with E-state index in [0.717, 1.165) is 23.1 Å². The first-order chi connectivity index (χ1) is 14.9. The van der Waals surface area contributed by atoms with E-state index < -0.39 is 6.04 Å². The van der Waals surface area contributed by atoms with Gasteiger partial charge >= 0.3 is 0 Å². The number of benzene rings is 2. The summed E-state index contributed by atoms with van der Waals surface area (Å²) in [5, 5.41) is 2.95. The van der Waals surface area contributed by atoms with Crippen LogP contribution in [0.2, 0.25) is 0 Å². The summed E-state index contributed by atoms with van der Waals surface area (Å²) in [6.07, 6.45) is 5.32. The van der Waals surface area contributed by atoms with Gasteiger partial charge in [-0.15, -0.1) is 0 Å². The van der Waals surface area contributed by atoms with Crippen molar-refractivity contribution in [1.29, 1.82) is 0 Å². The average Bonchev–Trinajstić information content (AvgIpc) is 3.44. The van der Waals surface area contributed by atoms with Crippen molar-refractivity contribution in [2.75, 3.05) is 5.32 Å². The average molecular weight is 415 g/mol. The Morgan fingerprint density at radius 2 is 1.61 bits per heavy atom. The second-order valence-electron chi connectivity index (χ2n) is 9.04. The Labute approximate surface area is 182 Å². The van der Waals surface area contributed by atoms with Crippen LogP contribution in [0.3, 0.4) is 0 Å². The summed E-state index contributed by atoms with van der Waals surface area (Å²) in [5.74, 6) is -1.08. The second kappa shape index (κ2) is 7.49. The fourth-order valence-corrected chi connectivity index (χ4v) is 5.42. The Kier molecular flexibility index (Phi) is 4.77. The molecule has 31 heavy (non-hydrogen) atoms. The smallest absolute Gasteiger partial charge is 0.248 e. The molecule has 1 aliphatic heterocycles. The molecule has 3 aliphatic rings. The number of hydrogen-bond acceptors (Lipinski definition) is 3. The summed E-state index contributed by atoms with van der Waals surface area (Å²) in [6.45, 7) is 4.01. The quantitative estimate of drug-likeness (QED) is 0.600. The third-order valence-corrected chi connectivity index (χ3v) is 7.17. The van der Waals surface area contributed by atoms with E-state index in [-0.39, 0.29) is 41.4 Å². The van der Waals surface area contributed by atoms with Crippen molar-refractivity contribution in [2.45, 2.75) is 32.7 Å². The maximum Gasteiger partial charge on any atom is 0.248 e. The van der Waals surface area contributed by atoms with Crippen LogP contribution in [0, 0.1) is 37.5 Å². The lowest BCUT2D eigenvalue weighted by atomic mass is 9.85. The highest BCUT2D eigenvalue weighted by Crippen LogP contribution is 2.53. The van der Waals surface area contributed by atoms with E-state index in [0.29, 0.717) is 12.1 Å². The molecule has 5 heteroatoms. The lowest BCUT2D eigenvalue weighted by Gasteiger charge is -2.27. The van der Waals surface area contributed by atoms with Crippen molar-refractivity contribution in [1.82, 2.24) is 4.90 Å². The number of hydrogen-bond donors (Lipinski definition) is 1. The van der Waals surface area contributed by atoms with E-state index in [1.54, 1.807) is 0 Å². The third kappa shape index (κ3) is 3.29. The van der Waals surface area contributed by atoms with Crippen LogP contribution >= 0.6 is 0 Å². The van der Waals surface area contributed by atoms with Crippen LogP contribution < -0.4 is 5.32 Å². The van der Waals surface area contributed by atoms with Gasteiger partial charge in [-0.05, 0) is 60.9 Å². The number of anilines is 1. The van der Waals surface area contributed by atoms with Gasteiger partial charge in [0, 0.05) is 12.1 Å². The molecule has 2 aromatic carbocycles. The second-order valence-corrected chi connectivity index (χ2v) is 9.04. The molecule has 2 aliphatic carbocycles. The van der Waals surface area contributed by atoms with Gasteiger partial charge < -0.3 is 5.32 Å². The van der Waals surface area contributed by atoms with Gasteiger partial charge in [0.25, 0.3) is 0 Å². The van der Waals surface area contributed by atoms with Crippen LogP contribution in [0.25, 0.3) is 0 Å². The molecule has 0 unspecified atom stereocenters. The Hall–Kier alpha value is -3.21. The summed E-state index contributed by atoms with van der Waals surface area (Å²) in [4.78, 5) is 41.4. The predicted octanol–water partition coefficient (Wildman–Crippen LogP) is 3.66. The molecule has 2 fully saturated rings. The minimum absolute atomic E-state index is 0.122. The maximum atomic E-state index is 13.4. The number of carbonyl (C=O) groups is 3. The number of fused-ring (bicyclic) bond motifs is 5. The highest BCUT2D eigenvalue weighted by molar-refractivity contribution is 6.11. The first-order valence-corrected chi connectivity index (χ1v) is 10.9. The predicted molar refractivity (Wildman–Crippen MR) is 118 cm³/mol. The van der Waals surface area contributed by atoms with Gasteiger partial charge in [-0.3, -0.25) is 19.3 Å². The number of imide groups is 1. The summed E-state index contributed by atoms with van der Waals surface area (Å²) in [7, 11) is 0. The first-order valence-electron chi connectivity index (χ1n) is 10.9. The van der Waals surface area contributed by atoms with Gasteiger partial charge in [-0.2, -0.15) is 0 Å². The van der Waals surface area contributed by atoms with Crippen LogP contribution in [0.1, 0.15) is 23.1 Å². The summed E-state index contributed by atoms with van der Waals surface area (Å²) in [6, 6.07) is 14.4. The molecule has 3 amide bonds. The molecule has 1 N–H and O–H groups in total. The summed E-state index contributed by atoms with van der Waals surface area (Å²) in [5.41, 5.74) is 3.80. The third-order valence-electron chi connectivity index (χ3n) is 7.17. The van der Waals surface area contributed by atoms with Gasteiger partial charge in [0.05, 0.1) is 11.8 Å². The Morgan fingerprint density at radius 3 is 2.23 bits per heavy atom. The summed E-state index contributed by atoms with van der Waals surface area (Å²) < 4.78 is 0. The van der Waals surface area contributed by atoms with Gasteiger partial charge in [0.2, 0.25) is 17.7 Å². The molecule has 0 aromatic heterocycles. The topological polar surface area (TPSA) is 66.5 Å². The zero-order valence-corrected chi connectivity index (χ0v) is 17.7. The lowest BCUT2D eigenvalue weighted by Crippen LogP contribution is -2.49. The fraction of sp³-hybridized carbons (Fsp3) is 0.346. The normalized spacial score (nSPS) is 27.0. The van der Waals surface area contributed by atoms with Crippen LogP contribution in [-0.4, -0.2) is 28.7 Å². The molecule has 5 rings (SSSR count). The molecule has 0 spiro atoms.